The minimum Gasteiger partial charge on any atom is -0.444 e. The second kappa shape index (κ2) is 10.6. The fourth-order valence-electron chi connectivity index (χ4n) is 4.46. The molecule has 0 saturated carbocycles. The lowest BCUT2D eigenvalue weighted by molar-refractivity contribution is -0.0527. The van der Waals surface area contributed by atoms with Crippen LogP contribution in [0, 0.1) is 0 Å². The van der Waals surface area contributed by atoms with E-state index in [9.17, 15) is 26.4 Å². The van der Waals surface area contributed by atoms with Crippen molar-refractivity contribution in [3.05, 3.63) is 11.8 Å². The number of halogens is 3. The van der Waals surface area contributed by atoms with Crippen LogP contribution in [0.5, 0.6) is 0 Å². The van der Waals surface area contributed by atoms with Crippen LogP contribution in [-0.2, 0) is 23.5 Å². The lowest BCUT2D eigenvalue weighted by atomic mass is 10.1. The molecule has 0 saturated heterocycles. The molecule has 0 aromatic rings. The molecule has 1 amide bonds. The SMILES string of the molecule is CC(C)[Si](OCC1C=C(OS(=O)(=O)C(F)(F)F)CCN1C(=O)OC(C)(C)C)(C(C)C)C(C)C. The third-order valence-electron chi connectivity index (χ3n) is 5.72. The molecule has 0 aliphatic carbocycles. The highest BCUT2D eigenvalue weighted by molar-refractivity contribution is 7.87. The summed E-state index contributed by atoms with van der Waals surface area (Å²) >= 11 is 0. The summed E-state index contributed by atoms with van der Waals surface area (Å²) in [6.45, 7) is 17.5. The summed E-state index contributed by atoms with van der Waals surface area (Å²) < 4.78 is 77.7. The van der Waals surface area contributed by atoms with Gasteiger partial charge >= 0.3 is 21.7 Å². The molecule has 0 fully saturated rings. The Balaban J connectivity index is 3.31. The van der Waals surface area contributed by atoms with Gasteiger partial charge in [-0.2, -0.15) is 21.6 Å². The molecular weight excluding hydrogens is 479 g/mol. The molecule has 1 heterocycles. The summed E-state index contributed by atoms with van der Waals surface area (Å²) in [5.74, 6) is -0.369. The van der Waals surface area contributed by atoms with Gasteiger partial charge in [-0.15, -0.1) is 0 Å². The maximum absolute atomic E-state index is 12.8. The van der Waals surface area contributed by atoms with Crippen LogP contribution in [0.3, 0.4) is 0 Å². The Morgan fingerprint density at radius 1 is 1.09 bits per heavy atom. The molecule has 0 aromatic heterocycles. The number of carbonyl (C=O) groups excluding carboxylic acids is 1. The van der Waals surface area contributed by atoms with Crippen molar-refractivity contribution in [2.45, 2.75) is 103 Å². The van der Waals surface area contributed by atoms with E-state index in [2.05, 4.69) is 45.7 Å². The lowest BCUT2D eigenvalue weighted by Crippen LogP contribution is -2.53. The maximum atomic E-state index is 12.8. The summed E-state index contributed by atoms with van der Waals surface area (Å²) in [5.41, 5.74) is -5.62. The van der Waals surface area contributed by atoms with Crippen LogP contribution >= 0.6 is 0 Å². The van der Waals surface area contributed by atoms with E-state index in [1.165, 1.54) is 11.0 Å². The molecule has 194 valence electrons. The molecule has 0 N–H and O–H groups in total. The molecule has 1 aliphatic heterocycles. The van der Waals surface area contributed by atoms with E-state index in [1.54, 1.807) is 20.8 Å². The van der Waals surface area contributed by atoms with Crippen LogP contribution in [0.25, 0.3) is 0 Å². The van der Waals surface area contributed by atoms with Gasteiger partial charge in [-0.25, -0.2) is 4.79 Å². The normalized spacial score (nSPS) is 18.7. The van der Waals surface area contributed by atoms with Crippen molar-refractivity contribution in [2.75, 3.05) is 13.2 Å². The fraction of sp³-hybridized carbons (Fsp3) is 0.857. The number of ether oxygens (including phenoxy) is 1. The van der Waals surface area contributed by atoms with Gasteiger partial charge in [0.05, 0.1) is 12.6 Å². The first-order valence-corrected chi connectivity index (χ1v) is 14.6. The smallest absolute Gasteiger partial charge is 0.444 e. The molecule has 0 radical (unpaired) electrons. The van der Waals surface area contributed by atoms with Crippen LogP contribution in [0.15, 0.2) is 11.8 Å². The van der Waals surface area contributed by atoms with Gasteiger partial charge in [0.1, 0.15) is 11.4 Å². The van der Waals surface area contributed by atoms with Gasteiger partial charge < -0.3 is 13.3 Å². The summed E-state index contributed by atoms with van der Waals surface area (Å²) in [7, 11) is -8.17. The number of hydrogen-bond acceptors (Lipinski definition) is 6. The molecule has 12 heteroatoms. The Morgan fingerprint density at radius 3 is 1.97 bits per heavy atom. The van der Waals surface area contributed by atoms with E-state index in [1.807, 2.05) is 0 Å². The highest BCUT2D eigenvalue weighted by Gasteiger charge is 2.50. The van der Waals surface area contributed by atoms with Gasteiger partial charge in [0.25, 0.3) is 0 Å². The summed E-state index contributed by atoms with van der Waals surface area (Å²) in [6, 6.07) is -0.838. The first kappa shape index (κ1) is 29.8. The van der Waals surface area contributed by atoms with Crippen molar-refractivity contribution in [3.63, 3.8) is 0 Å². The van der Waals surface area contributed by atoms with Crippen molar-refractivity contribution in [3.8, 4) is 0 Å². The van der Waals surface area contributed by atoms with Gasteiger partial charge in [-0.1, -0.05) is 41.5 Å². The van der Waals surface area contributed by atoms with Gasteiger partial charge in [-0.05, 0) is 43.5 Å². The van der Waals surface area contributed by atoms with E-state index in [0.717, 1.165) is 0 Å². The average molecular weight is 518 g/mol. The lowest BCUT2D eigenvalue weighted by Gasteiger charge is -2.44. The van der Waals surface area contributed by atoms with E-state index in [-0.39, 0.29) is 42.0 Å². The summed E-state index contributed by atoms with van der Waals surface area (Å²) in [4.78, 5) is 14.1. The van der Waals surface area contributed by atoms with Crippen LogP contribution in [0.1, 0.15) is 68.7 Å². The minimum absolute atomic E-state index is 0.00106. The van der Waals surface area contributed by atoms with E-state index >= 15 is 0 Å². The van der Waals surface area contributed by atoms with Gasteiger partial charge in [0.2, 0.25) is 0 Å². The van der Waals surface area contributed by atoms with Gasteiger partial charge in [0, 0.05) is 13.0 Å². The molecule has 0 aromatic carbocycles. The van der Waals surface area contributed by atoms with Gasteiger partial charge in [-0.3, -0.25) is 4.90 Å². The largest absolute Gasteiger partial charge is 0.534 e. The predicted octanol–water partition coefficient (Wildman–Crippen LogP) is 5.94. The van der Waals surface area contributed by atoms with Crippen LogP contribution in [0.2, 0.25) is 16.6 Å². The zero-order valence-corrected chi connectivity index (χ0v) is 22.8. The zero-order valence-electron chi connectivity index (χ0n) is 20.9. The standard InChI is InChI=1S/C21H38F3NO6SSi/c1-14(2)33(15(3)4,16(5)6)29-13-17-12-18(31-32(27,28)21(22,23)24)10-11-25(17)19(26)30-20(7,8)9/h12,14-17H,10-11,13H2,1-9H3. The number of alkyl halides is 3. The van der Waals surface area contributed by atoms with Crippen LogP contribution in [0.4, 0.5) is 18.0 Å². The quantitative estimate of drug-likeness (QED) is 0.225. The predicted molar refractivity (Wildman–Crippen MR) is 122 cm³/mol. The van der Waals surface area contributed by atoms with Crippen LogP contribution < -0.4 is 0 Å². The highest BCUT2D eigenvalue weighted by atomic mass is 32.2. The van der Waals surface area contributed by atoms with Crippen molar-refractivity contribution >= 4 is 24.5 Å². The third kappa shape index (κ3) is 7.35. The molecular formula is C21H38F3NO6SSi. The number of amides is 1. The number of carbonyl (C=O) groups is 1. The second-order valence-electron chi connectivity index (χ2n) is 10.2. The first-order valence-electron chi connectivity index (χ1n) is 11.1. The van der Waals surface area contributed by atoms with Crippen molar-refractivity contribution in [1.29, 1.82) is 0 Å². The zero-order chi connectivity index (χ0) is 26.0. The number of rotatable bonds is 8. The first-order chi connectivity index (χ1) is 14.7. The molecule has 1 aliphatic rings. The van der Waals surface area contributed by atoms with Gasteiger partial charge in [0.15, 0.2) is 8.32 Å². The second-order valence-corrected chi connectivity index (χ2v) is 17.2. The molecule has 1 rings (SSSR count). The molecule has 0 bridgehead atoms. The average Bonchev–Trinajstić information content (AvgIpc) is 2.58. The van der Waals surface area contributed by atoms with Crippen molar-refractivity contribution in [1.82, 2.24) is 4.90 Å². The van der Waals surface area contributed by atoms with Crippen LogP contribution in [-0.4, -0.2) is 58.0 Å². The topological polar surface area (TPSA) is 82.1 Å². The Labute approximate surface area is 196 Å². The summed E-state index contributed by atoms with van der Waals surface area (Å²) in [6.07, 6.45) is 0.360. The highest BCUT2D eigenvalue weighted by Crippen LogP contribution is 2.42. The molecule has 7 nitrogen and oxygen atoms in total. The maximum Gasteiger partial charge on any atom is 0.534 e. The number of nitrogens with zero attached hydrogens (tertiary/aromatic N) is 1. The van der Waals surface area contributed by atoms with E-state index < -0.39 is 41.7 Å². The fourth-order valence-corrected chi connectivity index (χ4v) is 10.4. The Hall–Kier alpha value is -1.27. The molecule has 33 heavy (non-hydrogen) atoms. The Morgan fingerprint density at radius 2 is 1.58 bits per heavy atom. The number of hydrogen-bond donors (Lipinski definition) is 0. The third-order valence-corrected chi connectivity index (χ3v) is 12.8. The Kier molecular flexibility index (Phi) is 9.52. The Bertz CT molecular complexity index is 797. The summed E-state index contributed by atoms with van der Waals surface area (Å²) in [5, 5.41) is 0. The minimum atomic E-state index is -5.81. The van der Waals surface area contributed by atoms with Crippen molar-refractivity contribution < 1.29 is 39.7 Å². The van der Waals surface area contributed by atoms with E-state index in [4.69, 9.17) is 9.16 Å². The van der Waals surface area contributed by atoms with E-state index in [0.29, 0.717) is 0 Å². The monoisotopic (exact) mass is 517 g/mol. The van der Waals surface area contributed by atoms with Crippen molar-refractivity contribution in [2.24, 2.45) is 0 Å². The molecule has 1 unspecified atom stereocenters. The molecule has 1 atom stereocenters. The molecule has 0 spiro atoms.